The molecule has 1 aliphatic carbocycles. The zero-order chi connectivity index (χ0) is 19.1. The first-order valence-electron chi connectivity index (χ1n) is 9.67. The van der Waals surface area contributed by atoms with Crippen LogP contribution in [0.15, 0.2) is 11.6 Å². The van der Waals surface area contributed by atoms with Gasteiger partial charge in [-0.15, -0.1) is 0 Å². The van der Waals surface area contributed by atoms with Gasteiger partial charge in [0.2, 0.25) is 11.8 Å². The van der Waals surface area contributed by atoms with Gasteiger partial charge in [0.15, 0.2) is 0 Å². The van der Waals surface area contributed by atoms with Gasteiger partial charge in [-0.05, 0) is 44.6 Å². The van der Waals surface area contributed by atoms with Crippen LogP contribution < -0.4 is 11.1 Å². The van der Waals surface area contributed by atoms with E-state index in [1.165, 1.54) is 12.8 Å². The van der Waals surface area contributed by atoms with Crippen LogP contribution in [0, 0.1) is 17.8 Å². The van der Waals surface area contributed by atoms with Crippen LogP contribution in [0.25, 0.3) is 0 Å². The van der Waals surface area contributed by atoms with Gasteiger partial charge in [-0.1, -0.05) is 46.6 Å². The molecule has 1 rings (SSSR count). The third kappa shape index (κ3) is 7.18. The number of carbonyl (C=O) groups is 2. The van der Waals surface area contributed by atoms with Gasteiger partial charge in [-0.2, -0.15) is 0 Å². The van der Waals surface area contributed by atoms with Gasteiger partial charge in [0, 0.05) is 12.1 Å². The molecule has 0 spiro atoms. The first kappa shape index (κ1) is 21.7. The van der Waals surface area contributed by atoms with Crippen LogP contribution in [0.2, 0.25) is 0 Å². The standard InChI is InChI=1S/C20H37N3O2/c1-7-8-17(19(21)24)18(11-16-9-10-16)22-20(25)15(5)23(6)12-14(4)13(2)3/h8,13-16,18H,7,9-12H2,1-6H3,(H2,21,24)(H,22,25)/b17-8+. The van der Waals surface area contributed by atoms with E-state index in [9.17, 15) is 9.59 Å². The fraction of sp³-hybridized carbons (Fsp3) is 0.800. The summed E-state index contributed by atoms with van der Waals surface area (Å²) in [4.78, 5) is 26.7. The molecule has 2 amide bonds. The molecular formula is C20H37N3O2. The summed E-state index contributed by atoms with van der Waals surface area (Å²) in [6.45, 7) is 11.4. The first-order valence-corrected chi connectivity index (χ1v) is 9.67. The number of nitrogens with two attached hydrogens (primary N) is 1. The second-order valence-electron chi connectivity index (χ2n) is 8.01. The SMILES string of the molecule is CC/C=C(/C(N)=O)C(CC1CC1)NC(=O)C(C)N(C)CC(C)C(C)C. The molecule has 0 saturated heterocycles. The van der Waals surface area contributed by atoms with Crippen LogP contribution in [0.3, 0.4) is 0 Å². The maximum absolute atomic E-state index is 12.7. The topological polar surface area (TPSA) is 75.4 Å². The monoisotopic (exact) mass is 351 g/mol. The van der Waals surface area contributed by atoms with Crippen LogP contribution >= 0.6 is 0 Å². The smallest absolute Gasteiger partial charge is 0.246 e. The minimum atomic E-state index is -0.428. The van der Waals surface area contributed by atoms with Crippen LogP contribution in [0.1, 0.15) is 60.3 Å². The lowest BCUT2D eigenvalue weighted by Crippen LogP contribution is -2.49. The highest BCUT2D eigenvalue weighted by molar-refractivity contribution is 5.94. The van der Waals surface area contributed by atoms with Crippen molar-refractivity contribution in [3.05, 3.63) is 11.6 Å². The lowest BCUT2D eigenvalue weighted by Gasteiger charge is -2.30. The largest absolute Gasteiger partial charge is 0.366 e. The van der Waals surface area contributed by atoms with E-state index in [1.54, 1.807) is 0 Å². The highest BCUT2D eigenvalue weighted by atomic mass is 16.2. The summed E-state index contributed by atoms with van der Waals surface area (Å²) in [5.41, 5.74) is 6.11. The van der Waals surface area contributed by atoms with Crippen molar-refractivity contribution in [1.82, 2.24) is 10.2 Å². The lowest BCUT2D eigenvalue weighted by molar-refractivity contribution is -0.126. The van der Waals surface area contributed by atoms with Gasteiger partial charge in [0.1, 0.15) is 0 Å². The van der Waals surface area contributed by atoms with Crippen LogP contribution in [0.5, 0.6) is 0 Å². The molecule has 0 aromatic rings. The molecule has 0 bridgehead atoms. The van der Waals surface area contributed by atoms with E-state index in [4.69, 9.17) is 5.73 Å². The van der Waals surface area contributed by atoms with Gasteiger partial charge in [0.05, 0.1) is 12.1 Å². The fourth-order valence-electron chi connectivity index (χ4n) is 2.90. The van der Waals surface area contributed by atoms with Gasteiger partial charge < -0.3 is 11.1 Å². The Labute approximate surface area is 153 Å². The van der Waals surface area contributed by atoms with E-state index in [0.717, 1.165) is 19.4 Å². The van der Waals surface area contributed by atoms with E-state index in [2.05, 4.69) is 31.0 Å². The molecule has 0 radical (unpaired) electrons. The number of primary amides is 1. The third-order valence-electron chi connectivity index (χ3n) is 5.42. The fourth-order valence-corrected chi connectivity index (χ4v) is 2.90. The van der Waals surface area contributed by atoms with Crippen molar-refractivity contribution >= 4 is 11.8 Å². The van der Waals surface area contributed by atoms with Gasteiger partial charge >= 0.3 is 0 Å². The maximum atomic E-state index is 12.7. The van der Waals surface area contributed by atoms with Crippen molar-refractivity contribution in [1.29, 1.82) is 0 Å². The number of rotatable bonds is 11. The van der Waals surface area contributed by atoms with E-state index in [-0.39, 0.29) is 18.0 Å². The number of nitrogens with one attached hydrogen (secondary N) is 1. The van der Waals surface area contributed by atoms with Crippen LogP contribution in [0.4, 0.5) is 0 Å². The maximum Gasteiger partial charge on any atom is 0.246 e. The van der Waals surface area contributed by atoms with Crippen molar-refractivity contribution in [2.75, 3.05) is 13.6 Å². The summed E-state index contributed by atoms with van der Waals surface area (Å²) in [6, 6.07) is -0.505. The molecule has 144 valence electrons. The Balaban J connectivity index is 2.76. The minimum absolute atomic E-state index is 0.0349. The summed E-state index contributed by atoms with van der Waals surface area (Å²) in [5, 5.41) is 3.09. The van der Waals surface area contributed by atoms with Gasteiger partial charge in [-0.25, -0.2) is 0 Å². The Hall–Kier alpha value is -1.36. The minimum Gasteiger partial charge on any atom is -0.366 e. The molecule has 0 heterocycles. The van der Waals surface area contributed by atoms with Crippen molar-refractivity contribution < 1.29 is 9.59 Å². The number of nitrogens with zero attached hydrogens (tertiary/aromatic N) is 1. The summed E-state index contributed by atoms with van der Waals surface area (Å²) >= 11 is 0. The molecule has 0 aliphatic heterocycles. The second-order valence-corrected chi connectivity index (χ2v) is 8.01. The Bertz CT molecular complexity index is 483. The van der Waals surface area contributed by atoms with E-state index >= 15 is 0 Å². The van der Waals surface area contributed by atoms with Crippen LogP contribution in [-0.2, 0) is 9.59 Å². The molecule has 5 nitrogen and oxygen atoms in total. The van der Waals surface area contributed by atoms with Crippen LogP contribution in [-0.4, -0.2) is 42.4 Å². The van der Waals surface area contributed by atoms with Crippen molar-refractivity contribution in [3.8, 4) is 0 Å². The van der Waals surface area contributed by atoms with E-state index in [1.807, 2.05) is 27.0 Å². The Morgan fingerprint density at radius 1 is 1.24 bits per heavy atom. The Morgan fingerprint density at radius 2 is 1.84 bits per heavy atom. The predicted molar refractivity (Wildman–Crippen MR) is 103 cm³/mol. The second kappa shape index (κ2) is 9.95. The molecule has 1 saturated carbocycles. The van der Waals surface area contributed by atoms with Crippen molar-refractivity contribution in [2.45, 2.75) is 72.4 Å². The molecule has 3 N–H and O–H groups in total. The Morgan fingerprint density at radius 3 is 2.28 bits per heavy atom. The molecule has 3 unspecified atom stereocenters. The zero-order valence-corrected chi connectivity index (χ0v) is 16.8. The molecular weight excluding hydrogens is 314 g/mol. The average Bonchev–Trinajstić information content (AvgIpc) is 3.34. The van der Waals surface area contributed by atoms with Crippen molar-refractivity contribution in [2.24, 2.45) is 23.5 Å². The molecule has 25 heavy (non-hydrogen) atoms. The molecule has 5 heteroatoms. The number of amides is 2. The number of allylic oxidation sites excluding steroid dienone is 1. The van der Waals surface area contributed by atoms with Crippen molar-refractivity contribution in [3.63, 3.8) is 0 Å². The number of carbonyl (C=O) groups excluding carboxylic acids is 2. The molecule has 3 atom stereocenters. The summed E-state index contributed by atoms with van der Waals surface area (Å²) in [7, 11) is 1.98. The first-order chi connectivity index (χ1) is 11.7. The zero-order valence-electron chi connectivity index (χ0n) is 16.8. The molecule has 1 aliphatic rings. The average molecular weight is 352 g/mol. The highest BCUT2D eigenvalue weighted by Gasteiger charge is 2.31. The normalized spacial score (nSPS) is 19.0. The Kier molecular flexibility index (Phi) is 8.63. The summed E-state index contributed by atoms with van der Waals surface area (Å²) in [6.07, 6.45) is 5.73. The lowest BCUT2D eigenvalue weighted by atomic mass is 9.97. The van der Waals surface area contributed by atoms with E-state index in [0.29, 0.717) is 23.3 Å². The van der Waals surface area contributed by atoms with E-state index < -0.39 is 5.91 Å². The van der Waals surface area contributed by atoms with Gasteiger partial charge in [0.25, 0.3) is 0 Å². The molecule has 0 aromatic carbocycles. The number of hydrogen-bond acceptors (Lipinski definition) is 3. The van der Waals surface area contributed by atoms with Gasteiger partial charge in [-0.3, -0.25) is 14.5 Å². The predicted octanol–water partition coefficient (Wildman–Crippen LogP) is 2.71. The highest BCUT2D eigenvalue weighted by Crippen LogP contribution is 2.35. The number of likely N-dealkylation sites (N-methyl/N-ethyl adjacent to an activating group) is 1. The third-order valence-corrected chi connectivity index (χ3v) is 5.42. The molecule has 1 fully saturated rings. The quantitative estimate of drug-likeness (QED) is 0.562. The molecule has 0 aromatic heterocycles. The summed E-state index contributed by atoms with van der Waals surface area (Å²) in [5.74, 6) is 1.23. The summed E-state index contributed by atoms with van der Waals surface area (Å²) < 4.78 is 0. The number of hydrogen-bond donors (Lipinski definition) is 2.